The first-order valence-corrected chi connectivity index (χ1v) is 13.5. The Labute approximate surface area is 214 Å². The van der Waals surface area contributed by atoms with Crippen molar-refractivity contribution in [3.63, 3.8) is 0 Å². The molecule has 0 spiro atoms. The van der Waals surface area contributed by atoms with Crippen LogP contribution in [0.4, 0.5) is 0 Å². The van der Waals surface area contributed by atoms with Gasteiger partial charge in [-0.1, -0.05) is 81.4 Å². The van der Waals surface area contributed by atoms with Crippen molar-refractivity contribution in [1.29, 1.82) is 0 Å². The molecule has 190 valence electrons. The topological polar surface area (TPSA) is 78.7 Å². The van der Waals surface area contributed by atoms with Crippen LogP contribution in [-0.2, 0) is 22.6 Å². The van der Waals surface area contributed by atoms with E-state index in [-0.39, 0.29) is 17.9 Å². The van der Waals surface area contributed by atoms with Crippen LogP contribution in [0.5, 0.6) is 0 Å². The number of benzene rings is 2. The minimum atomic E-state index is -0.657. The normalized spacial score (nSPS) is 17.9. The third-order valence-corrected chi connectivity index (χ3v) is 7.44. The zero-order chi connectivity index (χ0) is 25.4. The summed E-state index contributed by atoms with van der Waals surface area (Å²) in [4.78, 5) is 30.5. The van der Waals surface area contributed by atoms with Gasteiger partial charge in [0.1, 0.15) is 6.04 Å². The minimum absolute atomic E-state index is 0.0239. The van der Waals surface area contributed by atoms with Crippen LogP contribution in [0.2, 0.25) is 0 Å². The average molecular weight is 497 g/mol. The van der Waals surface area contributed by atoms with Crippen molar-refractivity contribution in [2.45, 2.75) is 58.8 Å². The second-order valence-corrected chi connectivity index (χ2v) is 11.5. The fourth-order valence-electron chi connectivity index (χ4n) is 4.27. The Kier molecular flexibility index (Phi) is 9.78. The van der Waals surface area contributed by atoms with Gasteiger partial charge >= 0.3 is 0 Å². The Morgan fingerprint density at radius 1 is 1.09 bits per heavy atom. The molecule has 0 unspecified atom stereocenters. The van der Waals surface area contributed by atoms with Crippen LogP contribution in [0.3, 0.4) is 0 Å². The summed E-state index contributed by atoms with van der Waals surface area (Å²) in [5, 5.41) is 2.92. The maximum Gasteiger partial charge on any atom is 0.246 e. The van der Waals surface area contributed by atoms with E-state index < -0.39 is 17.5 Å². The minimum Gasteiger partial charge on any atom is -0.342 e. The van der Waals surface area contributed by atoms with Gasteiger partial charge in [-0.3, -0.25) is 14.5 Å². The molecule has 1 fully saturated rings. The van der Waals surface area contributed by atoms with Gasteiger partial charge in [-0.15, -0.1) is 11.8 Å². The van der Waals surface area contributed by atoms with E-state index in [1.807, 2.05) is 37.8 Å². The highest BCUT2D eigenvalue weighted by Crippen LogP contribution is 2.28. The molecule has 0 radical (unpaired) electrons. The van der Waals surface area contributed by atoms with Crippen molar-refractivity contribution in [1.82, 2.24) is 15.1 Å². The Morgan fingerprint density at radius 3 is 2.26 bits per heavy atom. The van der Waals surface area contributed by atoms with E-state index in [0.717, 1.165) is 31.8 Å². The van der Waals surface area contributed by atoms with E-state index in [0.29, 0.717) is 5.88 Å². The first kappa shape index (κ1) is 27.2. The molecule has 0 aromatic heterocycles. The van der Waals surface area contributed by atoms with E-state index in [1.165, 1.54) is 11.1 Å². The van der Waals surface area contributed by atoms with Crippen LogP contribution >= 0.6 is 11.8 Å². The highest BCUT2D eigenvalue weighted by molar-refractivity contribution is 7.99. The predicted molar refractivity (Wildman–Crippen MR) is 145 cm³/mol. The van der Waals surface area contributed by atoms with Gasteiger partial charge in [0.05, 0.1) is 18.0 Å². The number of amides is 2. The van der Waals surface area contributed by atoms with E-state index in [2.05, 4.69) is 58.7 Å². The molecule has 3 rings (SSSR count). The van der Waals surface area contributed by atoms with Gasteiger partial charge < -0.3 is 16.0 Å². The van der Waals surface area contributed by atoms with Crippen molar-refractivity contribution >= 4 is 23.6 Å². The molecule has 0 saturated carbocycles. The molecule has 3 N–H and O–H groups in total. The lowest BCUT2D eigenvalue weighted by molar-refractivity contribution is -0.140. The van der Waals surface area contributed by atoms with E-state index in [1.54, 1.807) is 18.7 Å². The number of nitrogens with zero attached hydrogens (tertiary/aromatic N) is 2. The molecule has 0 aliphatic carbocycles. The van der Waals surface area contributed by atoms with Crippen LogP contribution in [0, 0.1) is 5.41 Å². The van der Waals surface area contributed by atoms with E-state index in [9.17, 15) is 9.59 Å². The molecule has 2 aromatic carbocycles. The van der Waals surface area contributed by atoms with Crippen molar-refractivity contribution in [2.75, 3.05) is 24.7 Å². The Hall–Kier alpha value is -2.35. The summed E-state index contributed by atoms with van der Waals surface area (Å²) in [7, 11) is 0. The fourth-order valence-corrected chi connectivity index (χ4v) is 5.47. The Balaban J connectivity index is 1.74. The third kappa shape index (κ3) is 8.09. The second kappa shape index (κ2) is 12.6. The fraction of sp³-hybridized carbons (Fsp3) is 0.500. The molecule has 1 heterocycles. The molecule has 1 aliphatic heterocycles. The zero-order valence-corrected chi connectivity index (χ0v) is 22.3. The molecule has 6 nitrogen and oxygen atoms in total. The molecule has 1 aliphatic rings. The summed E-state index contributed by atoms with van der Waals surface area (Å²) in [5.41, 5.74) is 7.94. The lowest BCUT2D eigenvalue weighted by atomic mass is 9.85. The van der Waals surface area contributed by atoms with Gasteiger partial charge in [0.2, 0.25) is 11.8 Å². The van der Waals surface area contributed by atoms with Gasteiger partial charge in [0.25, 0.3) is 0 Å². The second-order valence-electron chi connectivity index (χ2n) is 10.5. The highest BCUT2D eigenvalue weighted by atomic mass is 32.2. The molecule has 7 heteroatoms. The summed E-state index contributed by atoms with van der Waals surface area (Å²) < 4.78 is 0. The highest BCUT2D eigenvalue weighted by Gasteiger charge is 2.40. The lowest BCUT2D eigenvalue weighted by Gasteiger charge is -2.37. The number of hydrogen-bond donors (Lipinski definition) is 2. The van der Waals surface area contributed by atoms with Crippen molar-refractivity contribution < 1.29 is 9.59 Å². The number of thioether (sulfide) groups is 1. The quantitative estimate of drug-likeness (QED) is 0.526. The van der Waals surface area contributed by atoms with E-state index in [4.69, 9.17) is 5.73 Å². The average Bonchev–Trinajstić information content (AvgIpc) is 3.29. The molecule has 3 atom stereocenters. The summed E-state index contributed by atoms with van der Waals surface area (Å²) in [5.74, 6) is 1.21. The van der Waals surface area contributed by atoms with Gasteiger partial charge in [-0.25, -0.2) is 0 Å². The Morgan fingerprint density at radius 2 is 1.69 bits per heavy atom. The first-order chi connectivity index (χ1) is 16.6. The molecule has 2 amide bonds. The van der Waals surface area contributed by atoms with Crippen LogP contribution < -0.4 is 11.1 Å². The molecular weight excluding hydrogens is 456 g/mol. The summed E-state index contributed by atoms with van der Waals surface area (Å²) in [6.45, 7) is 10.1. The maximum absolute atomic E-state index is 13.7. The van der Waals surface area contributed by atoms with Crippen LogP contribution in [0.1, 0.15) is 38.8 Å². The number of hydrogen-bond acceptors (Lipinski definition) is 5. The molecule has 1 saturated heterocycles. The summed E-state index contributed by atoms with van der Waals surface area (Å²) in [6, 6.07) is 19.8. The molecule has 2 aromatic rings. The molecule has 35 heavy (non-hydrogen) atoms. The maximum atomic E-state index is 13.7. The standard InChI is InChI=1S/C28H40N4O2S/c1-21(29)26(33)30-25(28(2,3)4)27(34)32-20-35-19-24(32)18-31(17-23-13-9-6-10-14-23)16-15-22-11-7-5-8-12-22/h5-14,21,24-25H,15-20,29H2,1-4H3,(H,30,33)/t21-,24+,25+/m0/s1. The Bertz CT molecular complexity index is 946. The number of carbonyl (C=O) groups is 2. The van der Waals surface area contributed by atoms with Gasteiger partial charge in [0.15, 0.2) is 0 Å². The van der Waals surface area contributed by atoms with Crippen LogP contribution in [-0.4, -0.2) is 64.5 Å². The lowest BCUT2D eigenvalue weighted by Crippen LogP contribution is -2.59. The van der Waals surface area contributed by atoms with Gasteiger partial charge in [-0.2, -0.15) is 0 Å². The zero-order valence-electron chi connectivity index (χ0n) is 21.4. The molecule has 0 bridgehead atoms. The van der Waals surface area contributed by atoms with Crippen molar-refractivity contribution in [3.8, 4) is 0 Å². The number of rotatable bonds is 10. The molecular formula is C28H40N4O2S. The monoisotopic (exact) mass is 496 g/mol. The smallest absolute Gasteiger partial charge is 0.246 e. The summed E-state index contributed by atoms with van der Waals surface area (Å²) >= 11 is 1.78. The number of nitrogens with one attached hydrogen (secondary N) is 1. The van der Waals surface area contributed by atoms with Gasteiger partial charge in [0, 0.05) is 25.4 Å². The van der Waals surface area contributed by atoms with Gasteiger partial charge in [-0.05, 0) is 29.9 Å². The predicted octanol–water partition coefficient (Wildman–Crippen LogP) is 3.51. The SMILES string of the molecule is C[C@H](N)C(=O)N[C@H](C(=O)N1CSC[C@H]1CN(CCc1ccccc1)Cc1ccccc1)C(C)(C)C. The largest absolute Gasteiger partial charge is 0.342 e. The van der Waals surface area contributed by atoms with E-state index >= 15 is 0 Å². The number of carbonyl (C=O) groups excluding carboxylic acids is 2. The van der Waals surface area contributed by atoms with Crippen molar-refractivity contribution in [2.24, 2.45) is 11.1 Å². The van der Waals surface area contributed by atoms with Crippen molar-refractivity contribution in [3.05, 3.63) is 71.8 Å². The first-order valence-electron chi connectivity index (χ1n) is 12.4. The van der Waals surface area contributed by atoms with Crippen LogP contribution in [0.25, 0.3) is 0 Å². The third-order valence-electron chi connectivity index (χ3n) is 6.36. The number of nitrogens with two attached hydrogens (primary N) is 1. The summed E-state index contributed by atoms with van der Waals surface area (Å²) in [6.07, 6.45) is 0.955. The van der Waals surface area contributed by atoms with Crippen LogP contribution in [0.15, 0.2) is 60.7 Å².